The first kappa shape index (κ1) is 16.2. The molecule has 0 atom stereocenters. The van der Waals surface area contributed by atoms with Gasteiger partial charge in [-0.25, -0.2) is 0 Å². The quantitative estimate of drug-likeness (QED) is 0.762. The molecule has 0 saturated heterocycles. The standard InChI is InChI=1S/C20H19N3O3/c24-19(23-9-10-26-18-8-4-2-6-15(18)13-23)12-21-20(25)17-11-14-5-1-3-7-16(14)22-17/h1-8,11,22H,9-10,12-13H2,(H,21,25). The smallest absolute Gasteiger partial charge is 0.268 e. The summed E-state index contributed by atoms with van der Waals surface area (Å²) in [6, 6.07) is 17.1. The molecular formula is C20H19N3O3. The molecule has 0 spiro atoms. The van der Waals surface area contributed by atoms with Crippen molar-refractivity contribution in [2.75, 3.05) is 19.7 Å². The number of amides is 2. The first-order chi connectivity index (χ1) is 12.7. The van der Waals surface area contributed by atoms with Crippen LogP contribution in [0.1, 0.15) is 16.1 Å². The third-order valence-corrected chi connectivity index (χ3v) is 4.48. The highest BCUT2D eigenvalue weighted by molar-refractivity contribution is 5.99. The Hall–Kier alpha value is -3.28. The molecule has 0 saturated carbocycles. The van der Waals surface area contributed by atoms with E-state index in [1.165, 1.54) is 0 Å². The van der Waals surface area contributed by atoms with Gasteiger partial charge in [0.1, 0.15) is 18.1 Å². The molecule has 0 bridgehead atoms. The lowest BCUT2D eigenvalue weighted by Crippen LogP contribution is -2.40. The normalized spacial score (nSPS) is 13.6. The number of nitrogens with zero attached hydrogens (tertiary/aromatic N) is 1. The van der Waals surface area contributed by atoms with Gasteiger partial charge in [-0.15, -0.1) is 0 Å². The van der Waals surface area contributed by atoms with Gasteiger partial charge in [0.15, 0.2) is 0 Å². The number of hydrogen-bond donors (Lipinski definition) is 2. The third kappa shape index (κ3) is 3.26. The largest absolute Gasteiger partial charge is 0.491 e. The first-order valence-corrected chi connectivity index (χ1v) is 8.55. The maximum atomic E-state index is 12.5. The number of para-hydroxylation sites is 2. The van der Waals surface area contributed by atoms with Gasteiger partial charge in [0, 0.05) is 23.0 Å². The van der Waals surface area contributed by atoms with Crippen LogP contribution in [0.2, 0.25) is 0 Å². The lowest BCUT2D eigenvalue weighted by Gasteiger charge is -2.20. The second-order valence-electron chi connectivity index (χ2n) is 6.22. The van der Waals surface area contributed by atoms with E-state index in [2.05, 4.69) is 10.3 Å². The van der Waals surface area contributed by atoms with E-state index in [-0.39, 0.29) is 18.4 Å². The summed E-state index contributed by atoms with van der Waals surface area (Å²) >= 11 is 0. The molecule has 0 radical (unpaired) electrons. The van der Waals surface area contributed by atoms with Crippen LogP contribution in [0.3, 0.4) is 0 Å². The van der Waals surface area contributed by atoms with E-state index < -0.39 is 0 Å². The van der Waals surface area contributed by atoms with Crippen LogP contribution >= 0.6 is 0 Å². The predicted molar refractivity (Wildman–Crippen MR) is 98.0 cm³/mol. The van der Waals surface area contributed by atoms with E-state index in [4.69, 9.17) is 4.74 Å². The van der Waals surface area contributed by atoms with Crippen molar-refractivity contribution >= 4 is 22.7 Å². The van der Waals surface area contributed by atoms with Crippen molar-refractivity contribution in [3.63, 3.8) is 0 Å². The van der Waals surface area contributed by atoms with Crippen LogP contribution in [0.4, 0.5) is 0 Å². The molecular weight excluding hydrogens is 330 g/mol. The van der Waals surface area contributed by atoms with Gasteiger partial charge in [-0.2, -0.15) is 0 Å². The van der Waals surface area contributed by atoms with E-state index in [9.17, 15) is 9.59 Å². The van der Waals surface area contributed by atoms with Crippen LogP contribution in [-0.4, -0.2) is 41.4 Å². The number of nitrogens with one attached hydrogen (secondary N) is 2. The lowest BCUT2D eigenvalue weighted by atomic mass is 10.2. The van der Waals surface area contributed by atoms with E-state index in [1.807, 2.05) is 48.5 Å². The minimum absolute atomic E-state index is 0.0453. The Morgan fingerprint density at radius 1 is 1.12 bits per heavy atom. The molecule has 2 aromatic carbocycles. The van der Waals surface area contributed by atoms with Crippen molar-refractivity contribution in [2.24, 2.45) is 0 Å². The highest BCUT2D eigenvalue weighted by Gasteiger charge is 2.20. The van der Waals surface area contributed by atoms with Gasteiger partial charge >= 0.3 is 0 Å². The molecule has 1 aliphatic rings. The monoisotopic (exact) mass is 349 g/mol. The van der Waals surface area contributed by atoms with Crippen molar-refractivity contribution < 1.29 is 14.3 Å². The average Bonchev–Trinajstić information content (AvgIpc) is 2.98. The van der Waals surface area contributed by atoms with Gasteiger partial charge in [-0.1, -0.05) is 36.4 Å². The van der Waals surface area contributed by atoms with Crippen molar-refractivity contribution in [1.29, 1.82) is 0 Å². The number of carbonyl (C=O) groups is 2. The highest BCUT2D eigenvalue weighted by atomic mass is 16.5. The number of aromatic nitrogens is 1. The molecule has 3 aromatic rings. The Labute approximate surface area is 150 Å². The summed E-state index contributed by atoms with van der Waals surface area (Å²) in [4.78, 5) is 29.6. The number of benzene rings is 2. The molecule has 1 aliphatic heterocycles. The zero-order valence-corrected chi connectivity index (χ0v) is 14.2. The first-order valence-electron chi connectivity index (χ1n) is 8.55. The number of fused-ring (bicyclic) bond motifs is 2. The predicted octanol–water partition coefficient (Wildman–Crippen LogP) is 2.32. The average molecular weight is 349 g/mol. The number of carbonyl (C=O) groups excluding carboxylic acids is 2. The fraction of sp³-hybridized carbons (Fsp3) is 0.200. The maximum absolute atomic E-state index is 12.5. The minimum atomic E-state index is -0.291. The molecule has 2 heterocycles. The third-order valence-electron chi connectivity index (χ3n) is 4.48. The van der Waals surface area contributed by atoms with Crippen molar-refractivity contribution in [2.45, 2.75) is 6.54 Å². The Morgan fingerprint density at radius 3 is 2.81 bits per heavy atom. The molecule has 6 heteroatoms. The molecule has 2 N–H and O–H groups in total. The fourth-order valence-electron chi connectivity index (χ4n) is 3.10. The molecule has 0 fully saturated rings. The SMILES string of the molecule is O=C(NCC(=O)N1CCOc2ccccc2C1)c1cc2ccccc2[nH]1. The molecule has 0 unspecified atom stereocenters. The summed E-state index contributed by atoms with van der Waals surface area (Å²) in [6.45, 7) is 1.38. The Morgan fingerprint density at radius 2 is 1.92 bits per heavy atom. The summed E-state index contributed by atoms with van der Waals surface area (Å²) < 4.78 is 5.67. The number of ether oxygens (including phenoxy) is 1. The van der Waals surface area contributed by atoms with Crippen LogP contribution in [0.25, 0.3) is 10.9 Å². The lowest BCUT2D eigenvalue weighted by molar-refractivity contribution is -0.130. The van der Waals surface area contributed by atoms with Gasteiger partial charge in [0.25, 0.3) is 5.91 Å². The maximum Gasteiger partial charge on any atom is 0.268 e. The summed E-state index contributed by atoms with van der Waals surface area (Å²) in [5.41, 5.74) is 2.31. The van der Waals surface area contributed by atoms with Crippen molar-refractivity contribution in [3.05, 3.63) is 65.9 Å². The summed E-state index contributed by atoms with van der Waals surface area (Å²) in [5.74, 6) is 0.390. The van der Waals surface area contributed by atoms with Crippen molar-refractivity contribution in [3.8, 4) is 5.75 Å². The molecule has 0 aliphatic carbocycles. The fourth-order valence-corrected chi connectivity index (χ4v) is 3.10. The molecule has 26 heavy (non-hydrogen) atoms. The summed E-state index contributed by atoms with van der Waals surface area (Å²) in [6.07, 6.45) is 0. The highest BCUT2D eigenvalue weighted by Crippen LogP contribution is 2.22. The van der Waals surface area contributed by atoms with Crippen molar-refractivity contribution in [1.82, 2.24) is 15.2 Å². The topological polar surface area (TPSA) is 74.4 Å². The molecule has 1 aromatic heterocycles. The van der Waals surface area contributed by atoms with Gasteiger partial charge < -0.3 is 19.9 Å². The summed E-state index contributed by atoms with van der Waals surface area (Å²) in [7, 11) is 0. The number of H-pyrrole nitrogens is 1. The van der Waals surface area contributed by atoms with E-state index in [1.54, 1.807) is 11.0 Å². The second kappa shape index (κ2) is 6.92. The Balaban J connectivity index is 1.39. The zero-order chi connectivity index (χ0) is 17.9. The van der Waals surface area contributed by atoms with Gasteiger partial charge in [-0.05, 0) is 18.2 Å². The number of aromatic amines is 1. The second-order valence-corrected chi connectivity index (χ2v) is 6.22. The molecule has 6 nitrogen and oxygen atoms in total. The Bertz CT molecular complexity index is 931. The number of hydrogen-bond acceptors (Lipinski definition) is 3. The Kier molecular flexibility index (Phi) is 4.31. The van der Waals surface area contributed by atoms with Crippen LogP contribution in [0.5, 0.6) is 5.75 Å². The van der Waals surface area contributed by atoms with E-state index >= 15 is 0 Å². The van der Waals surface area contributed by atoms with Gasteiger partial charge in [0.2, 0.25) is 5.91 Å². The van der Waals surface area contributed by atoms with Crippen LogP contribution < -0.4 is 10.1 Å². The van der Waals surface area contributed by atoms with E-state index in [0.717, 1.165) is 22.2 Å². The van der Waals surface area contributed by atoms with Crippen LogP contribution in [0, 0.1) is 0 Å². The number of rotatable bonds is 3. The molecule has 4 rings (SSSR count). The van der Waals surface area contributed by atoms with Gasteiger partial charge in [-0.3, -0.25) is 9.59 Å². The summed E-state index contributed by atoms with van der Waals surface area (Å²) in [5, 5.41) is 3.66. The zero-order valence-electron chi connectivity index (χ0n) is 14.2. The van der Waals surface area contributed by atoms with Crippen LogP contribution in [0.15, 0.2) is 54.6 Å². The molecule has 2 amide bonds. The molecule has 132 valence electrons. The minimum Gasteiger partial charge on any atom is -0.491 e. The van der Waals surface area contributed by atoms with Gasteiger partial charge in [0.05, 0.1) is 13.1 Å². The van der Waals surface area contributed by atoms with E-state index in [0.29, 0.717) is 25.4 Å². The van der Waals surface area contributed by atoms with Crippen LogP contribution in [-0.2, 0) is 11.3 Å².